The Morgan fingerprint density at radius 1 is 1.15 bits per heavy atom. The molecule has 0 amide bonds. The van der Waals surface area contributed by atoms with Crippen LogP contribution in [-0.2, 0) is 0 Å². The van der Waals surface area contributed by atoms with Crippen LogP contribution in [0.15, 0.2) is 42.5 Å². The van der Waals surface area contributed by atoms with Crippen LogP contribution in [0.25, 0.3) is 0 Å². The maximum absolute atomic E-state index is 13.4. The summed E-state index contributed by atoms with van der Waals surface area (Å²) in [5, 5.41) is 8.58. The third-order valence-electron chi connectivity index (χ3n) is 2.61. The number of rotatable bonds is 4. The monoisotopic (exact) mass is 273 g/mol. The summed E-state index contributed by atoms with van der Waals surface area (Å²) in [6.07, 6.45) is 0. The fraction of sp³-hybridized carbons (Fsp3) is 0.0667. The van der Waals surface area contributed by atoms with Crippen molar-refractivity contribution in [2.24, 2.45) is 0 Å². The molecule has 2 rings (SSSR count). The van der Waals surface area contributed by atoms with Gasteiger partial charge < -0.3 is 4.74 Å². The Kier molecular flexibility index (Phi) is 4.06. The molecule has 0 saturated heterocycles. The zero-order chi connectivity index (χ0) is 14.5. The van der Waals surface area contributed by atoms with Crippen LogP contribution in [0.2, 0.25) is 0 Å². The fourth-order valence-corrected chi connectivity index (χ4v) is 1.59. The summed E-state index contributed by atoms with van der Waals surface area (Å²) in [5.41, 5.74) is -0.195. The summed E-state index contributed by atoms with van der Waals surface area (Å²) < 4.78 is 31.8. The number of carbonyl (C=O) groups excluding carboxylic acids is 1. The normalized spacial score (nSPS) is 9.85. The molecule has 0 aliphatic rings. The fourth-order valence-electron chi connectivity index (χ4n) is 1.59. The van der Waals surface area contributed by atoms with Crippen molar-refractivity contribution in [3.63, 3.8) is 0 Å². The smallest absolute Gasteiger partial charge is 0.203 e. The van der Waals surface area contributed by atoms with Crippen LogP contribution in [0.3, 0.4) is 0 Å². The van der Waals surface area contributed by atoms with Crippen molar-refractivity contribution in [2.45, 2.75) is 0 Å². The largest absolute Gasteiger partial charge is 0.485 e. The van der Waals surface area contributed by atoms with E-state index in [1.54, 1.807) is 6.07 Å². The number of nitrogens with zero attached hydrogens (tertiary/aromatic N) is 1. The molecule has 100 valence electrons. The predicted octanol–water partition coefficient (Wildman–Crippen LogP) is 3.10. The van der Waals surface area contributed by atoms with Crippen molar-refractivity contribution in [1.29, 1.82) is 5.26 Å². The molecule has 0 fully saturated rings. The number of benzene rings is 2. The third-order valence-corrected chi connectivity index (χ3v) is 2.61. The van der Waals surface area contributed by atoms with Gasteiger partial charge in [-0.05, 0) is 24.3 Å². The van der Waals surface area contributed by atoms with Crippen LogP contribution in [0.5, 0.6) is 5.75 Å². The lowest BCUT2D eigenvalue weighted by Gasteiger charge is -2.06. The molecule has 0 aliphatic heterocycles. The molecule has 0 aliphatic carbocycles. The van der Waals surface area contributed by atoms with Crippen LogP contribution >= 0.6 is 0 Å². The highest BCUT2D eigenvalue weighted by Gasteiger charge is 2.12. The highest BCUT2D eigenvalue weighted by atomic mass is 19.1. The second-order valence-corrected chi connectivity index (χ2v) is 3.95. The van der Waals surface area contributed by atoms with Gasteiger partial charge in [-0.15, -0.1) is 0 Å². The first kappa shape index (κ1) is 13.7. The van der Waals surface area contributed by atoms with Crippen molar-refractivity contribution < 1.29 is 18.3 Å². The second-order valence-electron chi connectivity index (χ2n) is 3.95. The van der Waals surface area contributed by atoms with Gasteiger partial charge in [0.2, 0.25) is 5.78 Å². The minimum Gasteiger partial charge on any atom is -0.485 e. The maximum Gasteiger partial charge on any atom is 0.203 e. The molecule has 2 aromatic rings. The summed E-state index contributed by atoms with van der Waals surface area (Å²) in [5.74, 6) is -1.81. The molecule has 2 aromatic carbocycles. The van der Waals surface area contributed by atoms with Gasteiger partial charge in [-0.2, -0.15) is 5.26 Å². The number of halogens is 2. The summed E-state index contributed by atoms with van der Waals surface area (Å²) >= 11 is 0. The predicted molar refractivity (Wildman–Crippen MR) is 67.3 cm³/mol. The zero-order valence-corrected chi connectivity index (χ0v) is 10.3. The van der Waals surface area contributed by atoms with Crippen molar-refractivity contribution >= 4 is 5.78 Å². The van der Waals surface area contributed by atoms with E-state index in [0.29, 0.717) is 0 Å². The molecule has 0 N–H and O–H groups in total. The summed E-state index contributed by atoms with van der Waals surface area (Å²) in [6, 6.07) is 10.8. The van der Waals surface area contributed by atoms with Gasteiger partial charge >= 0.3 is 0 Å². The molecule has 0 bridgehead atoms. The Balaban J connectivity index is 2.06. The molecular formula is C15H9F2NO2. The van der Waals surface area contributed by atoms with E-state index >= 15 is 0 Å². The highest BCUT2D eigenvalue weighted by Crippen LogP contribution is 2.16. The number of nitriles is 1. The quantitative estimate of drug-likeness (QED) is 0.804. The number of carbonyl (C=O) groups is 1. The first-order chi connectivity index (χ1) is 9.61. The van der Waals surface area contributed by atoms with E-state index in [1.807, 2.05) is 0 Å². The third kappa shape index (κ3) is 2.98. The highest BCUT2D eigenvalue weighted by molar-refractivity contribution is 5.97. The number of Topliss-reactive ketones (excluding diaryl/α,β-unsaturated/α-hetero) is 1. The van der Waals surface area contributed by atoms with E-state index in [-0.39, 0.29) is 16.9 Å². The molecule has 0 radical (unpaired) electrons. The Bertz CT molecular complexity index is 693. The van der Waals surface area contributed by atoms with Gasteiger partial charge in [0.1, 0.15) is 23.5 Å². The van der Waals surface area contributed by atoms with E-state index in [2.05, 4.69) is 0 Å². The molecule has 5 heteroatoms. The Morgan fingerprint density at radius 2 is 1.90 bits per heavy atom. The van der Waals surface area contributed by atoms with Gasteiger partial charge in [0.05, 0.1) is 11.1 Å². The molecule has 0 aromatic heterocycles. The second kappa shape index (κ2) is 5.93. The van der Waals surface area contributed by atoms with Crippen LogP contribution in [0, 0.1) is 23.0 Å². The first-order valence-corrected chi connectivity index (χ1v) is 5.72. The van der Waals surface area contributed by atoms with Crippen LogP contribution in [0.1, 0.15) is 15.9 Å². The number of ether oxygens (including phenoxy) is 1. The van der Waals surface area contributed by atoms with Crippen molar-refractivity contribution in [2.75, 3.05) is 6.61 Å². The standard InChI is InChI=1S/C15H9F2NO2/c16-13-4-2-1-3-12(13)15(19)9-20-11-6-5-10(8-18)14(17)7-11/h1-7H,9H2. The van der Waals surface area contributed by atoms with Gasteiger partial charge in [0.25, 0.3) is 0 Å². The van der Waals surface area contributed by atoms with E-state index in [4.69, 9.17) is 10.00 Å². The summed E-state index contributed by atoms with van der Waals surface area (Å²) in [6.45, 7) is -0.410. The maximum atomic E-state index is 13.4. The van der Waals surface area contributed by atoms with Crippen LogP contribution < -0.4 is 4.74 Å². The summed E-state index contributed by atoms with van der Waals surface area (Å²) in [4.78, 5) is 11.7. The minimum atomic E-state index is -0.733. The van der Waals surface area contributed by atoms with Crippen LogP contribution in [-0.4, -0.2) is 12.4 Å². The van der Waals surface area contributed by atoms with Crippen molar-refractivity contribution in [1.82, 2.24) is 0 Å². The van der Waals surface area contributed by atoms with E-state index in [0.717, 1.165) is 6.07 Å². The van der Waals surface area contributed by atoms with Crippen molar-refractivity contribution in [3.05, 3.63) is 65.2 Å². The Morgan fingerprint density at radius 3 is 2.55 bits per heavy atom. The first-order valence-electron chi connectivity index (χ1n) is 5.72. The van der Waals surface area contributed by atoms with Crippen molar-refractivity contribution in [3.8, 4) is 11.8 Å². The molecule has 0 saturated carbocycles. The topological polar surface area (TPSA) is 50.1 Å². The van der Waals surface area contributed by atoms with E-state index in [9.17, 15) is 13.6 Å². The minimum absolute atomic E-state index is 0.0818. The average molecular weight is 273 g/mol. The van der Waals surface area contributed by atoms with E-state index in [1.165, 1.54) is 36.4 Å². The average Bonchev–Trinajstić information content (AvgIpc) is 2.45. The molecule has 0 atom stereocenters. The number of hydrogen-bond acceptors (Lipinski definition) is 3. The molecule has 0 spiro atoms. The van der Waals surface area contributed by atoms with Gasteiger partial charge in [-0.1, -0.05) is 12.1 Å². The number of hydrogen-bond donors (Lipinski definition) is 0. The molecular weight excluding hydrogens is 264 g/mol. The lowest BCUT2D eigenvalue weighted by Crippen LogP contribution is -2.13. The van der Waals surface area contributed by atoms with Gasteiger partial charge in [-0.3, -0.25) is 4.79 Å². The molecule has 0 unspecified atom stereocenters. The molecule has 3 nitrogen and oxygen atoms in total. The van der Waals surface area contributed by atoms with Crippen LogP contribution in [0.4, 0.5) is 8.78 Å². The number of ketones is 1. The summed E-state index contributed by atoms with van der Waals surface area (Å²) in [7, 11) is 0. The molecule has 20 heavy (non-hydrogen) atoms. The Hall–Kier alpha value is -2.74. The lowest BCUT2D eigenvalue weighted by atomic mass is 10.1. The Labute approximate surface area is 114 Å². The van der Waals surface area contributed by atoms with E-state index < -0.39 is 24.0 Å². The SMILES string of the molecule is N#Cc1ccc(OCC(=O)c2ccccc2F)cc1F. The van der Waals surface area contributed by atoms with Gasteiger partial charge in [0, 0.05) is 6.07 Å². The molecule has 0 heterocycles. The van der Waals surface area contributed by atoms with Gasteiger partial charge in [0.15, 0.2) is 6.61 Å². The van der Waals surface area contributed by atoms with Gasteiger partial charge in [-0.25, -0.2) is 8.78 Å². The lowest BCUT2D eigenvalue weighted by molar-refractivity contribution is 0.0917. The zero-order valence-electron chi connectivity index (χ0n) is 10.3.